The number of anilines is 1. The minimum absolute atomic E-state index is 0.125. The maximum atomic E-state index is 12.6. The van der Waals surface area contributed by atoms with Crippen molar-refractivity contribution in [2.45, 2.75) is 11.4 Å². The minimum Gasteiger partial charge on any atom is -0.497 e. The van der Waals surface area contributed by atoms with Gasteiger partial charge in [-0.1, -0.05) is 18.2 Å². The molecule has 29 heavy (non-hydrogen) atoms. The molecule has 0 amide bonds. The van der Waals surface area contributed by atoms with Gasteiger partial charge >= 0.3 is 5.69 Å². The van der Waals surface area contributed by atoms with Gasteiger partial charge in [0.25, 0.3) is 10.0 Å². The fraction of sp³-hybridized carbons (Fsp3) is 0.100. The third-order valence-corrected chi connectivity index (χ3v) is 5.77. The summed E-state index contributed by atoms with van der Waals surface area (Å²) in [6, 6.07) is 18.3. The third-order valence-electron chi connectivity index (χ3n) is 4.37. The number of benzene rings is 2. The highest BCUT2D eigenvalue weighted by atomic mass is 32.2. The number of nitrogens with zero attached hydrogens (tertiary/aromatic N) is 3. The van der Waals surface area contributed by atoms with Crippen LogP contribution >= 0.6 is 0 Å². The summed E-state index contributed by atoms with van der Waals surface area (Å²) in [5, 5.41) is 4.29. The van der Waals surface area contributed by atoms with Crippen molar-refractivity contribution in [3.63, 3.8) is 0 Å². The molecular weight excluding hydrogens is 392 g/mol. The number of sulfonamides is 1. The Balaban J connectivity index is 1.58. The van der Waals surface area contributed by atoms with E-state index in [0.29, 0.717) is 17.1 Å². The SMILES string of the molecule is COc1ccc(S(=O)(=O)Nc2cccc(Cn3nc4ccccn4c3=O)c2)cc1. The highest BCUT2D eigenvalue weighted by Gasteiger charge is 2.15. The highest BCUT2D eigenvalue weighted by molar-refractivity contribution is 7.92. The van der Waals surface area contributed by atoms with Gasteiger partial charge in [0.1, 0.15) is 5.75 Å². The van der Waals surface area contributed by atoms with Crippen LogP contribution in [0.4, 0.5) is 5.69 Å². The average Bonchev–Trinajstić information content (AvgIpc) is 3.03. The van der Waals surface area contributed by atoms with Crippen molar-refractivity contribution in [3.8, 4) is 5.75 Å². The van der Waals surface area contributed by atoms with Gasteiger partial charge in [0.05, 0.1) is 18.6 Å². The van der Waals surface area contributed by atoms with Gasteiger partial charge in [0, 0.05) is 11.9 Å². The molecule has 1 N–H and O–H groups in total. The largest absolute Gasteiger partial charge is 0.497 e. The molecule has 9 heteroatoms. The normalized spacial score (nSPS) is 11.5. The zero-order chi connectivity index (χ0) is 20.4. The Hall–Kier alpha value is -3.59. The summed E-state index contributed by atoms with van der Waals surface area (Å²) in [6.07, 6.45) is 1.65. The van der Waals surface area contributed by atoms with E-state index in [1.165, 1.54) is 28.3 Å². The maximum absolute atomic E-state index is 12.6. The van der Waals surface area contributed by atoms with Crippen LogP contribution in [0, 0.1) is 0 Å². The lowest BCUT2D eigenvalue weighted by molar-refractivity contribution is 0.414. The lowest BCUT2D eigenvalue weighted by atomic mass is 10.2. The first-order valence-electron chi connectivity index (χ1n) is 8.76. The van der Waals surface area contributed by atoms with E-state index in [1.807, 2.05) is 6.07 Å². The van der Waals surface area contributed by atoms with Crippen molar-refractivity contribution in [3.05, 3.63) is 89.0 Å². The summed E-state index contributed by atoms with van der Waals surface area (Å²) in [4.78, 5) is 12.6. The first-order chi connectivity index (χ1) is 14.0. The minimum atomic E-state index is -3.75. The second-order valence-corrected chi connectivity index (χ2v) is 8.03. The number of methoxy groups -OCH3 is 1. The summed E-state index contributed by atoms with van der Waals surface area (Å²) >= 11 is 0. The molecule has 0 atom stereocenters. The maximum Gasteiger partial charge on any atom is 0.350 e. The quantitative estimate of drug-likeness (QED) is 0.527. The molecular formula is C20H18N4O4S. The molecule has 0 aliphatic heterocycles. The molecule has 2 heterocycles. The Morgan fingerprint density at radius 3 is 2.55 bits per heavy atom. The Morgan fingerprint density at radius 1 is 1.03 bits per heavy atom. The molecule has 4 aromatic rings. The van der Waals surface area contributed by atoms with Gasteiger partial charge in [-0.2, -0.15) is 0 Å². The topological polar surface area (TPSA) is 94.7 Å². The molecule has 2 aromatic carbocycles. The number of hydrogen-bond donors (Lipinski definition) is 1. The van der Waals surface area contributed by atoms with Crippen LogP contribution in [0.3, 0.4) is 0 Å². The van der Waals surface area contributed by atoms with Gasteiger partial charge in [-0.15, -0.1) is 5.10 Å². The number of hydrogen-bond acceptors (Lipinski definition) is 5. The second kappa shape index (κ2) is 7.44. The van der Waals surface area contributed by atoms with E-state index in [9.17, 15) is 13.2 Å². The van der Waals surface area contributed by atoms with E-state index in [2.05, 4.69) is 9.82 Å². The lowest BCUT2D eigenvalue weighted by Gasteiger charge is -2.10. The molecule has 0 radical (unpaired) electrons. The van der Waals surface area contributed by atoms with Crippen molar-refractivity contribution in [1.29, 1.82) is 0 Å². The summed E-state index contributed by atoms with van der Waals surface area (Å²) in [5.74, 6) is 0.573. The van der Waals surface area contributed by atoms with E-state index in [4.69, 9.17) is 4.74 Å². The number of fused-ring (bicyclic) bond motifs is 1. The predicted molar refractivity (Wildman–Crippen MR) is 109 cm³/mol. The fourth-order valence-electron chi connectivity index (χ4n) is 2.95. The Bertz CT molecular complexity index is 1320. The molecule has 2 aromatic heterocycles. The van der Waals surface area contributed by atoms with Crippen LogP contribution in [0.2, 0.25) is 0 Å². The van der Waals surface area contributed by atoms with E-state index < -0.39 is 10.0 Å². The van der Waals surface area contributed by atoms with Gasteiger partial charge in [0.2, 0.25) is 0 Å². The standard InChI is InChI=1S/C20H18N4O4S/c1-28-17-8-10-18(11-9-17)29(26,27)22-16-6-4-5-15(13-16)14-24-20(25)23-12-3-2-7-19(23)21-24/h2-13,22H,14H2,1H3. The zero-order valence-electron chi connectivity index (χ0n) is 15.5. The van der Waals surface area contributed by atoms with E-state index in [0.717, 1.165) is 5.56 Å². The molecule has 4 rings (SSSR count). The van der Waals surface area contributed by atoms with Crippen molar-refractivity contribution < 1.29 is 13.2 Å². The van der Waals surface area contributed by atoms with Crippen molar-refractivity contribution >= 4 is 21.4 Å². The molecule has 0 aliphatic carbocycles. The van der Waals surface area contributed by atoms with Crippen molar-refractivity contribution in [2.75, 3.05) is 11.8 Å². The summed E-state index contributed by atoms with van der Waals surface area (Å²) in [5.41, 5.74) is 1.43. The lowest BCUT2D eigenvalue weighted by Crippen LogP contribution is -2.21. The number of rotatable bonds is 6. The molecule has 8 nitrogen and oxygen atoms in total. The van der Waals surface area contributed by atoms with E-state index in [-0.39, 0.29) is 17.1 Å². The van der Waals surface area contributed by atoms with Crippen LogP contribution in [0.25, 0.3) is 5.65 Å². The first kappa shape index (κ1) is 18.8. The van der Waals surface area contributed by atoms with E-state index in [1.54, 1.807) is 54.7 Å². The van der Waals surface area contributed by atoms with Crippen molar-refractivity contribution in [2.24, 2.45) is 0 Å². The number of ether oxygens (including phenoxy) is 1. The monoisotopic (exact) mass is 410 g/mol. The number of aromatic nitrogens is 3. The highest BCUT2D eigenvalue weighted by Crippen LogP contribution is 2.20. The van der Waals surface area contributed by atoms with Gasteiger partial charge in [-0.25, -0.2) is 17.9 Å². The Kier molecular flexibility index (Phi) is 4.81. The van der Waals surface area contributed by atoms with Crippen molar-refractivity contribution in [1.82, 2.24) is 14.2 Å². The molecule has 148 valence electrons. The summed E-state index contributed by atoms with van der Waals surface area (Å²) < 4.78 is 35.6. The number of pyridine rings is 1. The molecule has 0 fully saturated rings. The van der Waals surface area contributed by atoms with Gasteiger partial charge in [-0.3, -0.25) is 9.12 Å². The van der Waals surface area contributed by atoms with Crippen LogP contribution < -0.4 is 15.1 Å². The summed E-state index contributed by atoms with van der Waals surface area (Å²) in [7, 11) is -2.23. The summed E-state index contributed by atoms with van der Waals surface area (Å²) in [6.45, 7) is 0.221. The van der Waals surface area contributed by atoms with Crippen LogP contribution in [0.5, 0.6) is 5.75 Å². The molecule has 0 saturated carbocycles. The van der Waals surface area contributed by atoms with Gasteiger partial charge < -0.3 is 4.74 Å². The zero-order valence-corrected chi connectivity index (χ0v) is 16.3. The second-order valence-electron chi connectivity index (χ2n) is 6.35. The Morgan fingerprint density at radius 2 is 1.83 bits per heavy atom. The molecule has 0 aliphatic rings. The molecule has 0 bridgehead atoms. The van der Waals surface area contributed by atoms with Gasteiger partial charge in [0.15, 0.2) is 5.65 Å². The van der Waals surface area contributed by atoms with Crippen LogP contribution in [-0.2, 0) is 16.6 Å². The van der Waals surface area contributed by atoms with Crippen LogP contribution in [0.1, 0.15) is 5.56 Å². The van der Waals surface area contributed by atoms with Gasteiger partial charge in [-0.05, 0) is 54.1 Å². The third kappa shape index (κ3) is 3.85. The Labute approximate surface area is 167 Å². The van der Waals surface area contributed by atoms with E-state index >= 15 is 0 Å². The predicted octanol–water partition coefficient (Wildman–Crippen LogP) is 2.35. The first-order valence-corrected chi connectivity index (χ1v) is 10.2. The molecule has 0 saturated heterocycles. The van der Waals surface area contributed by atoms with Crippen LogP contribution in [-0.4, -0.2) is 29.7 Å². The average molecular weight is 410 g/mol. The number of nitrogens with one attached hydrogen (secondary N) is 1. The fourth-order valence-corrected chi connectivity index (χ4v) is 4.00. The molecule has 0 spiro atoms. The van der Waals surface area contributed by atoms with Crippen LogP contribution in [0.15, 0.2) is 82.6 Å². The smallest absolute Gasteiger partial charge is 0.350 e. The molecule has 0 unspecified atom stereocenters.